The van der Waals surface area contributed by atoms with E-state index in [2.05, 4.69) is 0 Å². The number of Topliss-reactive ketones (excluding diaryl/α,β-unsaturated/α-hetero) is 2. The van der Waals surface area contributed by atoms with E-state index in [1.807, 2.05) is 10.8 Å². The van der Waals surface area contributed by atoms with Gasteiger partial charge in [0, 0.05) is 15.3 Å². The van der Waals surface area contributed by atoms with Crippen LogP contribution in [0.1, 0.15) is 27.7 Å². The fourth-order valence-corrected chi connectivity index (χ4v) is 3.55. The molecule has 2 rings (SSSR count). The number of carbonyl (C=O) groups excluding carboxylic acids is 2. The Morgan fingerprint density at radius 1 is 0.857 bits per heavy atom. The van der Waals surface area contributed by atoms with Crippen LogP contribution in [-0.2, 0) is 23.2 Å². The van der Waals surface area contributed by atoms with Crippen LogP contribution in [0.15, 0.2) is 33.7 Å². The lowest BCUT2D eigenvalue weighted by Gasteiger charge is -2.23. The van der Waals surface area contributed by atoms with Gasteiger partial charge in [0.15, 0.2) is 24.4 Å². The molecule has 10 heteroatoms. The monoisotopic (exact) mass is 445 g/mol. The molecule has 0 saturated carbocycles. The summed E-state index contributed by atoms with van der Waals surface area (Å²) in [5.41, 5.74) is -2.30. The first kappa shape index (κ1) is 22.6. The van der Waals surface area contributed by atoms with E-state index in [-0.39, 0.29) is 0 Å². The highest BCUT2D eigenvalue weighted by molar-refractivity contribution is 7.33. The van der Waals surface area contributed by atoms with Crippen LogP contribution in [0.3, 0.4) is 0 Å². The van der Waals surface area contributed by atoms with Gasteiger partial charge in [-0.15, -0.1) is 31.7 Å². The van der Waals surface area contributed by atoms with Crippen molar-refractivity contribution in [2.75, 3.05) is 13.2 Å². The Labute approximate surface area is 172 Å². The summed E-state index contributed by atoms with van der Waals surface area (Å²) >= 11 is 2.89. The number of hydrogen-bond donors (Lipinski definition) is 0. The molecule has 0 saturated heterocycles. The van der Waals surface area contributed by atoms with Crippen molar-refractivity contribution in [3.05, 3.63) is 33.7 Å². The SMILES string of the molecule is CC(C)(Oc1ccsc1)C(=O)CO[P+](=O)OCC(=O)C(C)(C)Oc1ccsc1. The number of thiophene rings is 2. The Morgan fingerprint density at radius 2 is 1.25 bits per heavy atom. The van der Waals surface area contributed by atoms with E-state index in [1.165, 1.54) is 22.7 Å². The summed E-state index contributed by atoms with van der Waals surface area (Å²) in [7, 11) is -2.64. The number of hydrogen-bond acceptors (Lipinski definition) is 9. The van der Waals surface area contributed by atoms with E-state index < -0.39 is 44.2 Å². The molecule has 28 heavy (non-hydrogen) atoms. The third-order valence-corrected chi connectivity index (χ3v) is 5.68. The first-order valence-electron chi connectivity index (χ1n) is 8.32. The van der Waals surface area contributed by atoms with Crippen LogP contribution in [0, 0.1) is 0 Å². The summed E-state index contributed by atoms with van der Waals surface area (Å²) in [6.07, 6.45) is 0. The summed E-state index contributed by atoms with van der Waals surface area (Å²) < 4.78 is 33.0. The largest absolute Gasteiger partial charge is 0.698 e. The first-order chi connectivity index (χ1) is 13.1. The zero-order chi connectivity index (χ0) is 20.8. The molecule has 152 valence electrons. The molecule has 7 nitrogen and oxygen atoms in total. The van der Waals surface area contributed by atoms with E-state index >= 15 is 0 Å². The van der Waals surface area contributed by atoms with Crippen molar-refractivity contribution >= 4 is 42.5 Å². The van der Waals surface area contributed by atoms with Crippen LogP contribution in [0.25, 0.3) is 0 Å². The second-order valence-electron chi connectivity index (χ2n) is 6.76. The highest BCUT2D eigenvalue weighted by Gasteiger charge is 2.36. The van der Waals surface area contributed by atoms with Gasteiger partial charge >= 0.3 is 8.25 Å². The standard InChI is InChI=1S/C18H22O7PS2/c1-17(2,24-13-5-7-27-11-13)15(19)9-22-26(21)23-10-16(20)18(3,4)25-14-6-8-28-12-14/h5-8,11-12H,9-10H2,1-4H3/q+1. The molecule has 0 radical (unpaired) electrons. The number of carbonyl (C=O) groups is 2. The highest BCUT2D eigenvalue weighted by Crippen LogP contribution is 2.28. The molecule has 0 fully saturated rings. The van der Waals surface area contributed by atoms with E-state index in [9.17, 15) is 14.2 Å². The van der Waals surface area contributed by atoms with Gasteiger partial charge in [0.05, 0.1) is 0 Å². The van der Waals surface area contributed by atoms with Crippen molar-refractivity contribution in [1.29, 1.82) is 0 Å². The molecule has 0 aliphatic carbocycles. The number of ketones is 2. The third-order valence-electron chi connectivity index (χ3n) is 3.68. The summed E-state index contributed by atoms with van der Waals surface area (Å²) in [6, 6.07) is 3.49. The Balaban J connectivity index is 1.75. The molecule has 0 atom stereocenters. The van der Waals surface area contributed by atoms with Crippen molar-refractivity contribution in [2.45, 2.75) is 38.9 Å². The first-order valence-corrected chi connectivity index (χ1v) is 11.3. The molecule has 0 unspecified atom stereocenters. The van der Waals surface area contributed by atoms with E-state index in [1.54, 1.807) is 50.6 Å². The molecule has 0 spiro atoms. The topological polar surface area (TPSA) is 88.1 Å². The van der Waals surface area contributed by atoms with E-state index in [4.69, 9.17) is 18.5 Å². The van der Waals surface area contributed by atoms with Crippen LogP contribution >= 0.6 is 30.9 Å². The molecule has 0 bridgehead atoms. The number of ether oxygens (including phenoxy) is 2. The minimum absolute atomic E-state index is 0.405. The van der Waals surface area contributed by atoms with Crippen LogP contribution < -0.4 is 9.47 Å². The second kappa shape index (κ2) is 9.71. The van der Waals surface area contributed by atoms with E-state index in [0.29, 0.717) is 11.5 Å². The van der Waals surface area contributed by atoms with Crippen LogP contribution in [0.2, 0.25) is 0 Å². The third kappa shape index (κ3) is 6.76. The fourth-order valence-electron chi connectivity index (χ4n) is 1.93. The molecular weight excluding hydrogens is 423 g/mol. The Morgan fingerprint density at radius 3 is 1.57 bits per heavy atom. The zero-order valence-electron chi connectivity index (χ0n) is 16.0. The Kier molecular flexibility index (Phi) is 7.86. The Hall–Kier alpha value is -1.64. The van der Waals surface area contributed by atoms with Crippen LogP contribution in [-0.4, -0.2) is 36.0 Å². The molecule has 0 amide bonds. The minimum atomic E-state index is -2.64. The van der Waals surface area contributed by atoms with Gasteiger partial charge in [-0.3, -0.25) is 9.59 Å². The summed E-state index contributed by atoms with van der Waals surface area (Å²) in [4.78, 5) is 24.5. The average molecular weight is 445 g/mol. The fraction of sp³-hybridized carbons (Fsp3) is 0.444. The minimum Gasteiger partial charge on any atom is -0.479 e. The predicted molar refractivity (Wildman–Crippen MR) is 108 cm³/mol. The maximum Gasteiger partial charge on any atom is 0.698 e. The van der Waals surface area contributed by atoms with Crippen molar-refractivity contribution in [3.8, 4) is 11.5 Å². The Bertz CT molecular complexity index is 732. The van der Waals surface area contributed by atoms with Gasteiger partial charge in [0.25, 0.3) is 0 Å². The lowest BCUT2D eigenvalue weighted by Crippen LogP contribution is -2.40. The predicted octanol–water partition coefficient (Wildman–Crippen LogP) is 4.65. The molecule has 2 aromatic heterocycles. The van der Waals surface area contributed by atoms with Gasteiger partial charge in [-0.25, -0.2) is 0 Å². The van der Waals surface area contributed by atoms with Crippen molar-refractivity contribution < 1.29 is 32.7 Å². The van der Waals surface area contributed by atoms with Crippen LogP contribution in [0.4, 0.5) is 0 Å². The second-order valence-corrected chi connectivity index (χ2v) is 9.28. The van der Waals surface area contributed by atoms with Gasteiger partial charge < -0.3 is 9.47 Å². The smallest absolute Gasteiger partial charge is 0.479 e. The van der Waals surface area contributed by atoms with Gasteiger partial charge in [0.1, 0.15) is 11.5 Å². The molecule has 0 aliphatic heterocycles. The molecule has 0 aliphatic rings. The molecule has 2 aromatic rings. The summed E-state index contributed by atoms with van der Waals surface area (Å²) in [5, 5.41) is 7.20. The molecular formula is C18H22O7PS2+. The van der Waals surface area contributed by atoms with Crippen molar-refractivity contribution in [3.63, 3.8) is 0 Å². The summed E-state index contributed by atoms with van der Waals surface area (Å²) in [6.45, 7) is 5.46. The molecule has 2 heterocycles. The van der Waals surface area contributed by atoms with Crippen molar-refractivity contribution in [2.24, 2.45) is 0 Å². The van der Waals surface area contributed by atoms with Crippen molar-refractivity contribution in [1.82, 2.24) is 0 Å². The summed E-state index contributed by atoms with van der Waals surface area (Å²) in [5.74, 6) is 0.334. The quantitative estimate of drug-likeness (QED) is 0.439. The van der Waals surface area contributed by atoms with Crippen LogP contribution in [0.5, 0.6) is 11.5 Å². The highest BCUT2D eigenvalue weighted by atomic mass is 32.1. The zero-order valence-corrected chi connectivity index (χ0v) is 18.5. The number of rotatable bonds is 12. The van der Waals surface area contributed by atoms with Gasteiger partial charge in [-0.05, 0) is 50.6 Å². The molecule has 0 aromatic carbocycles. The maximum absolute atomic E-state index is 12.3. The lowest BCUT2D eigenvalue weighted by molar-refractivity contribution is -0.134. The van der Waals surface area contributed by atoms with Gasteiger partial charge in [0.2, 0.25) is 11.6 Å². The molecule has 0 N–H and O–H groups in total. The lowest BCUT2D eigenvalue weighted by atomic mass is 10.0. The normalized spacial score (nSPS) is 11.9. The van der Waals surface area contributed by atoms with Gasteiger partial charge in [-0.1, -0.05) is 0 Å². The maximum atomic E-state index is 12.3. The van der Waals surface area contributed by atoms with E-state index in [0.717, 1.165) is 0 Å². The average Bonchev–Trinajstić information content (AvgIpc) is 3.30. The van der Waals surface area contributed by atoms with Gasteiger partial charge in [-0.2, -0.15) is 0 Å².